The fourth-order valence-electron chi connectivity index (χ4n) is 3.98. The first-order valence-corrected chi connectivity index (χ1v) is 9.69. The molecular weight excluding hydrogens is 336 g/mol. The molecule has 1 aliphatic carbocycles. The normalized spacial score (nSPS) is 15.0. The highest BCUT2D eigenvalue weighted by molar-refractivity contribution is 6.16. The van der Waals surface area contributed by atoms with Crippen molar-refractivity contribution >= 4 is 22.6 Å². The zero-order chi connectivity index (χ0) is 18.6. The molecule has 1 N–H and O–H groups in total. The number of para-hydroxylation sites is 1. The van der Waals surface area contributed by atoms with Gasteiger partial charge in [0.25, 0.3) is 0 Å². The molecule has 4 heteroatoms. The zero-order valence-corrected chi connectivity index (χ0v) is 15.4. The van der Waals surface area contributed by atoms with E-state index in [0.29, 0.717) is 17.2 Å². The van der Waals surface area contributed by atoms with Gasteiger partial charge in [-0.3, -0.25) is 9.59 Å². The number of hydrogen-bond acceptors (Lipinski definition) is 2. The van der Waals surface area contributed by atoms with Crippen molar-refractivity contribution in [3.8, 4) is 0 Å². The Bertz CT molecular complexity index is 953. The number of carbonyl (C=O) groups is 2. The molecule has 138 valence electrons. The van der Waals surface area contributed by atoms with Gasteiger partial charge in [-0.15, -0.1) is 0 Å². The maximum absolute atomic E-state index is 13.0. The number of hydrogen-bond donors (Lipinski definition) is 1. The van der Waals surface area contributed by atoms with E-state index in [2.05, 4.69) is 5.32 Å². The Morgan fingerprint density at radius 2 is 1.63 bits per heavy atom. The van der Waals surface area contributed by atoms with Crippen molar-refractivity contribution in [2.24, 2.45) is 0 Å². The van der Waals surface area contributed by atoms with E-state index >= 15 is 0 Å². The Hall–Kier alpha value is -2.88. The second-order valence-corrected chi connectivity index (χ2v) is 7.29. The average molecular weight is 360 g/mol. The van der Waals surface area contributed by atoms with Crippen molar-refractivity contribution in [2.45, 2.75) is 44.7 Å². The summed E-state index contributed by atoms with van der Waals surface area (Å²) in [5.41, 5.74) is 2.21. The summed E-state index contributed by atoms with van der Waals surface area (Å²) in [6.07, 6.45) is 7.59. The van der Waals surface area contributed by atoms with Gasteiger partial charge in [0, 0.05) is 34.3 Å². The number of benzene rings is 2. The molecular formula is C23H24N2O2. The highest BCUT2D eigenvalue weighted by atomic mass is 16.2. The zero-order valence-electron chi connectivity index (χ0n) is 15.4. The number of rotatable bonds is 5. The molecule has 1 saturated carbocycles. The minimum absolute atomic E-state index is 0.0152. The van der Waals surface area contributed by atoms with Crippen LogP contribution in [0.25, 0.3) is 10.9 Å². The van der Waals surface area contributed by atoms with E-state index in [4.69, 9.17) is 0 Å². The van der Waals surface area contributed by atoms with Crippen LogP contribution < -0.4 is 5.32 Å². The topological polar surface area (TPSA) is 51.1 Å². The molecule has 2 aromatic carbocycles. The fraction of sp³-hybridized carbons (Fsp3) is 0.304. The molecule has 4 rings (SSSR count). The number of amides is 1. The molecule has 4 nitrogen and oxygen atoms in total. The van der Waals surface area contributed by atoms with E-state index in [1.807, 2.05) is 65.4 Å². The first-order valence-electron chi connectivity index (χ1n) is 9.69. The van der Waals surface area contributed by atoms with Crippen molar-refractivity contribution in [2.75, 3.05) is 0 Å². The van der Waals surface area contributed by atoms with Crippen molar-refractivity contribution in [3.63, 3.8) is 0 Å². The molecule has 0 unspecified atom stereocenters. The molecule has 0 spiro atoms. The lowest BCUT2D eigenvalue weighted by molar-refractivity contribution is -0.122. The van der Waals surface area contributed by atoms with Crippen LogP contribution in [0, 0.1) is 0 Å². The van der Waals surface area contributed by atoms with Crippen LogP contribution in [-0.4, -0.2) is 22.3 Å². The van der Waals surface area contributed by atoms with Crippen LogP contribution in [0.3, 0.4) is 0 Å². The van der Waals surface area contributed by atoms with Crippen molar-refractivity contribution in [1.82, 2.24) is 9.88 Å². The quantitative estimate of drug-likeness (QED) is 0.689. The van der Waals surface area contributed by atoms with Gasteiger partial charge >= 0.3 is 0 Å². The minimum atomic E-state index is -0.0155. The third kappa shape index (κ3) is 3.80. The number of aromatic nitrogens is 1. The van der Waals surface area contributed by atoms with Gasteiger partial charge in [0.05, 0.1) is 0 Å². The second kappa shape index (κ2) is 7.78. The average Bonchev–Trinajstić information content (AvgIpc) is 3.07. The van der Waals surface area contributed by atoms with Gasteiger partial charge < -0.3 is 9.88 Å². The molecule has 1 aliphatic rings. The molecule has 0 saturated heterocycles. The molecule has 1 aromatic heterocycles. The Balaban J connectivity index is 1.60. The minimum Gasteiger partial charge on any atom is -0.352 e. The first kappa shape index (κ1) is 17.5. The van der Waals surface area contributed by atoms with E-state index < -0.39 is 0 Å². The van der Waals surface area contributed by atoms with Gasteiger partial charge in [-0.1, -0.05) is 67.8 Å². The first-order chi connectivity index (χ1) is 13.2. The van der Waals surface area contributed by atoms with Crippen LogP contribution in [0.15, 0.2) is 60.8 Å². The van der Waals surface area contributed by atoms with E-state index in [1.165, 1.54) is 19.3 Å². The molecule has 1 heterocycles. The van der Waals surface area contributed by atoms with Crippen molar-refractivity contribution in [1.29, 1.82) is 0 Å². The lowest BCUT2D eigenvalue weighted by Gasteiger charge is -2.22. The Kier molecular flexibility index (Phi) is 5.05. The van der Waals surface area contributed by atoms with Gasteiger partial charge in [-0.05, 0) is 18.9 Å². The summed E-state index contributed by atoms with van der Waals surface area (Å²) >= 11 is 0. The SMILES string of the molecule is O=C(Cn1cc(C(=O)c2ccccc2)c2ccccc21)NC1CCCCC1. The molecule has 0 bridgehead atoms. The van der Waals surface area contributed by atoms with Gasteiger partial charge in [0.15, 0.2) is 5.78 Å². The van der Waals surface area contributed by atoms with Crippen molar-refractivity contribution < 1.29 is 9.59 Å². The van der Waals surface area contributed by atoms with E-state index in [-0.39, 0.29) is 18.2 Å². The molecule has 0 aliphatic heterocycles. The Labute approximate surface area is 159 Å². The number of nitrogens with one attached hydrogen (secondary N) is 1. The lowest BCUT2D eigenvalue weighted by atomic mass is 9.95. The van der Waals surface area contributed by atoms with Crippen LogP contribution in [0.1, 0.15) is 48.0 Å². The van der Waals surface area contributed by atoms with Gasteiger partial charge in [-0.25, -0.2) is 0 Å². The Morgan fingerprint density at radius 3 is 2.41 bits per heavy atom. The van der Waals surface area contributed by atoms with E-state index in [1.54, 1.807) is 0 Å². The predicted octanol–water partition coefficient (Wildman–Crippen LogP) is 4.32. The summed E-state index contributed by atoms with van der Waals surface area (Å²) in [5.74, 6) is -0.000369. The summed E-state index contributed by atoms with van der Waals surface area (Å²) in [4.78, 5) is 25.5. The lowest BCUT2D eigenvalue weighted by Crippen LogP contribution is -2.38. The van der Waals surface area contributed by atoms with Crippen molar-refractivity contribution in [3.05, 3.63) is 71.9 Å². The summed E-state index contributed by atoms with van der Waals surface area (Å²) in [5, 5.41) is 4.04. The smallest absolute Gasteiger partial charge is 0.240 e. The number of ketones is 1. The molecule has 0 radical (unpaired) electrons. The van der Waals surface area contributed by atoms with Gasteiger partial charge in [0.1, 0.15) is 6.54 Å². The highest BCUT2D eigenvalue weighted by Crippen LogP contribution is 2.24. The summed E-state index contributed by atoms with van der Waals surface area (Å²) in [6, 6.07) is 17.3. The highest BCUT2D eigenvalue weighted by Gasteiger charge is 2.19. The molecule has 27 heavy (non-hydrogen) atoms. The molecule has 1 fully saturated rings. The van der Waals surface area contributed by atoms with E-state index in [9.17, 15) is 9.59 Å². The van der Waals surface area contributed by atoms with Crippen LogP contribution in [0.4, 0.5) is 0 Å². The monoisotopic (exact) mass is 360 g/mol. The molecule has 3 aromatic rings. The fourth-order valence-corrected chi connectivity index (χ4v) is 3.98. The van der Waals surface area contributed by atoms with Crippen LogP contribution in [0.5, 0.6) is 0 Å². The maximum Gasteiger partial charge on any atom is 0.240 e. The summed E-state index contributed by atoms with van der Waals surface area (Å²) < 4.78 is 1.89. The molecule has 1 amide bonds. The second-order valence-electron chi connectivity index (χ2n) is 7.29. The number of carbonyl (C=O) groups excluding carboxylic acids is 2. The van der Waals surface area contributed by atoms with Crippen LogP contribution >= 0.6 is 0 Å². The number of fused-ring (bicyclic) bond motifs is 1. The third-order valence-corrected chi connectivity index (χ3v) is 5.35. The largest absolute Gasteiger partial charge is 0.352 e. The summed E-state index contributed by atoms with van der Waals surface area (Å²) in [7, 11) is 0. The number of nitrogens with zero attached hydrogens (tertiary/aromatic N) is 1. The Morgan fingerprint density at radius 1 is 0.926 bits per heavy atom. The summed E-state index contributed by atoms with van der Waals surface area (Å²) in [6.45, 7) is 0.235. The molecule has 0 atom stereocenters. The maximum atomic E-state index is 13.0. The third-order valence-electron chi connectivity index (χ3n) is 5.35. The van der Waals surface area contributed by atoms with Gasteiger partial charge in [-0.2, -0.15) is 0 Å². The van der Waals surface area contributed by atoms with Crippen LogP contribution in [0.2, 0.25) is 0 Å². The van der Waals surface area contributed by atoms with Gasteiger partial charge in [0.2, 0.25) is 5.91 Å². The van der Waals surface area contributed by atoms with E-state index in [0.717, 1.165) is 23.7 Å². The standard InChI is InChI=1S/C23H24N2O2/c26-22(24-18-11-5-2-6-12-18)16-25-15-20(19-13-7-8-14-21(19)25)23(27)17-9-3-1-4-10-17/h1,3-4,7-10,13-15,18H,2,5-6,11-12,16H2,(H,24,26). The van der Waals surface area contributed by atoms with Crippen LogP contribution in [-0.2, 0) is 11.3 Å². The predicted molar refractivity (Wildman–Crippen MR) is 107 cm³/mol.